The molecule has 0 atom stereocenters. The molecule has 2 fully saturated rings. The van der Waals surface area contributed by atoms with Gasteiger partial charge < -0.3 is 27.9 Å². The number of benzene rings is 2. The second-order valence-electron chi connectivity index (χ2n) is 21.0. The summed E-state index contributed by atoms with van der Waals surface area (Å²) in [6.45, 7) is 22.1. The van der Waals surface area contributed by atoms with Crippen LogP contribution in [-0.4, -0.2) is 113 Å². The van der Waals surface area contributed by atoms with Gasteiger partial charge in [-0.15, -0.1) is 0 Å². The van der Waals surface area contributed by atoms with Crippen LogP contribution >= 0.6 is 0 Å². The molecular weight excluding hydrogens is 1010 g/mol. The Bertz CT molecular complexity index is 3180. The van der Waals surface area contributed by atoms with Gasteiger partial charge in [-0.3, -0.25) is 19.0 Å². The standard InChI is InChI=1S/C31H44N4O3Si.C23H23F3N4O5S/c1-20(2)39(21(3)4,22(5)6)38-30-17-24-9-8-10-26(27(24)18-32-30)31-28-19-34(23(7)36)14-11-29(28)35(33-31)25-12-15-37-16-13-25;1-14(31)29-8-5-20-19(13-29)22(28-30(20)16-6-9-34-10-7-16)17-4-2-3-15-11-21(27-12-18(15)17)35-36(32,33)23(24,25)26/h8-10,17-18,20-22,25H,11-16,19H2,1-7H3;2-4,11-12,16H,5-10,13H2,1H3. The van der Waals surface area contributed by atoms with Crippen molar-refractivity contribution in [3.8, 4) is 34.3 Å². The Morgan fingerprint density at radius 3 is 1.48 bits per heavy atom. The fourth-order valence-electron chi connectivity index (χ4n) is 11.8. The van der Waals surface area contributed by atoms with Crippen LogP contribution in [0.15, 0.2) is 60.9 Å². The lowest BCUT2D eigenvalue weighted by Crippen LogP contribution is -2.50. The van der Waals surface area contributed by atoms with Crippen LogP contribution in [0.4, 0.5) is 13.2 Å². The number of carbonyl (C=O) groups is 2. The van der Waals surface area contributed by atoms with E-state index >= 15 is 0 Å². The first-order valence-corrected chi connectivity index (χ1v) is 29.6. The Labute approximate surface area is 437 Å². The Kier molecular flexibility index (Phi) is 15.5. The average molecular weight is 1070 g/mol. The minimum atomic E-state index is -5.84. The number of halogens is 3. The van der Waals surface area contributed by atoms with Gasteiger partial charge in [0.2, 0.25) is 17.7 Å². The molecule has 402 valence electrons. The van der Waals surface area contributed by atoms with Crippen LogP contribution in [0.2, 0.25) is 16.6 Å². The largest absolute Gasteiger partial charge is 0.534 e. The molecule has 0 aliphatic carbocycles. The lowest BCUT2D eigenvalue weighted by molar-refractivity contribution is -0.130. The molecule has 2 amide bonds. The van der Waals surface area contributed by atoms with Crippen LogP contribution < -0.4 is 8.61 Å². The van der Waals surface area contributed by atoms with Gasteiger partial charge in [-0.1, -0.05) is 77.9 Å². The molecule has 0 radical (unpaired) electrons. The van der Waals surface area contributed by atoms with Gasteiger partial charge in [0.05, 0.1) is 23.5 Å². The first kappa shape index (κ1) is 53.9. The summed E-state index contributed by atoms with van der Waals surface area (Å²) in [5, 5.41) is 13.4. The van der Waals surface area contributed by atoms with E-state index in [0.29, 0.717) is 84.0 Å². The summed E-state index contributed by atoms with van der Waals surface area (Å²) in [6.07, 6.45) is 8.28. The van der Waals surface area contributed by atoms with Crippen molar-refractivity contribution in [1.82, 2.24) is 39.3 Å². The van der Waals surface area contributed by atoms with Crippen molar-refractivity contribution in [2.45, 2.75) is 141 Å². The summed E-state index contributed by atoms with van der Waals surface area (Å²) in [6, 6.07) is 15.3. The summed E-state index contributed by atoms with van der Waals surface area (Å²) in [4.78, 5) is 36.8. The van der Waals surface area contributed by atoms with E-state index < -0.39 is 29.8 Å². The normalized spacial score (nSPS) is 17.1. The van der Waals surface area contributed by atoms with Crippen molar-refractivity contribution >= 4 is 51.8 Å². The summed E-state index contributed by atoms with van der Waals surface area (Å²) >= 11 is 0. The molecule has 0 unspecified atom stereocenters. The van der Waals surface area contributed by atoms with Gasteiger partial charge in [0.1, 0.15) is 0 Å². The van der Waals surface area contributed by atoms with E-state index in [9.17, 15) is 31.2 Å². The first-order valence-electron chi connectivity index (χ1n) is 26.0. The highest BCUT2D eigenvalue weighted by Gasteiger charge is 2.49. The molecule has 2 aromatic carbocycles. The zero-order valence-electron chi connectivity index (χ0n) is 43.9. The van der Waals surface area contributed by atoms with Crippen molar-refractivity contribution in [2.24, 2.45) is 0 Å². The fraction of sp³-hybridized carbons (Fsp3) is 0.519. The summed E-state index contributed by atoms with van der Waals surface area (Å²) in [5.74, 6) is 0.104. The molecule has 8 heterocycles. The van der Waals surface area contributed by atoms with Crippen LogP contribution in [0.5, 0.6) is 11.8 Å². The third-order valence-electron chi connectivity index (χ3n) is 15.6. The van der Waals surface area contributed by atoms with Gasteiger partial charge in [-0.25, -0.2) is 9.97 Å². The number of nitrogens with zero attached hydrogens (tertiary/aromatic N) is 8. The SMILES string of the molecule is CC(=O)N1CCc2c(c(-c3cccc4cc(OS(=O)(=O)C(F)(F)F)ncc34)nn2C2CCOCC2)C1.CC(=O)N1CCc2c(c(-c3cccc4cc(O[Si](C(C)C)(C(C)C)C(C)C)ncc34)nn2C2CCOCC2)C1. The number of fused-ring (bicyclic) bond motifs is 4. The number of aromatic nitrogens is 6. The smallest absolute Gasteiger partial charge is 0.530 e. The number of hydrogen-bond donors (Lipinski definition) is 0. The zero-order chi connectivity index (χ0) is 53.6. The van der Waals surface area contributed by atoms with E-state index in [1.54, 1.807) is 24.0 Å². The molecule has 4 aromatic heterocycles. The predicted octanol–water partition coefficient (Wildman–Crippen LogP) is 10.5. The van der Waals surface area contributed by atoms with Gasteiger partial charge in [0, 0.05) is 148 Å². The summed E-state index contributed by atoms with van der Waals surface area (Å²) in [5.41, 5.74) is 3.64. The molecule has 2 saturated heterocycles. The second-order valence-corrected chi connectivity index (χ2v) is 27.9. The molecule has 0 bridgehead atoms. The zero-order valence-corrected chi connectivity index (χ0v) is 45.8. The van der Waals surface area contributed by atoms with E-state index in [2.05, 4.69) is 79.7 Å². The van der Waals surface area contributed by atoms with Gasteiger partial charge in [-0.2, -0.15) is 31.8 Å². The predicted molar refractivity (Wildman–Crippen MR) is 281 cm³/mol. The number of ether oxygens (including phenoxy) is 2. The third-order valence-corrected chi connectivity index (χ3v) is 22.5. The molecule has 6 aromatic rings. The molecule has 4 aliphatic rings. The number of rotatable bonds is 11. The molecule has 0 N–H and O–H groups in total. The molecule has 16 nitrogen and oxygen atoms in total. The Hall–Kier alpha value is -5.90. The molecule has 4 aliphatic heterocycles. The molecule has 10 rings (SSSR count). The summed E-state index contributed by atoms with van der Waals surface area (Å²) < 4.78 is 87.5. The number of pyridine rings is 2. The molecule has 0 saturated carbocycles. The van der Waals surface area contributed by atoms with Crippen molar-refractivity contribution in [3.05, 3.63) is 83.4 Å². The van der Waals surface area contributed by atoms with Crippen molar-refractivity contribution < 1.29 is 49.3 Å². The lowest BCUT2D eigenvalue weighted by atomic mass is 9.97. The third kappa shape index (κ3) is 10.7. The van der Waals surface area contributed by atoms with E-state index in [4.69, 9.17) is 29.1 Å². The topological polar surface area (TPSA) is 173 Å². The highest BCUT2D eigenvalue weighted by molar-refractivity contribution is 7.88. The van der Waals surface area contributed by atoms with E-state index in [0.717, 1.165) is 97.1 Å². The highest BCUT2D eigenvalue weighted by atomic mass is 32.2. The average Bonchev–Trinajstić information content (AvgIpc) is 3.96. The number of alkyl halides is 3. The van der Waals surface area contributed by atoms with Crippen molar-refractivity contribution in [2.75, 3.05) is 39.5 Å². The lowest BCUT2D eigenvalue weighted by Gasteiger charge is -2.41. The Balaban J connectivity index is 0.000000184. The Morgan fingerprint density at radius 2 is 1.08 bits per heavy atom. The number of carbonyl (C=O) groups excluding carboxylic acids is 2. The van der Waals surface area contributed by atoms with Crippen LogP contribution in [-0.2, 0) is 55.1 Å². The van der Waals surface area contributed by atoms with Crippen LogP contribution in [0.3, 0.4) is 0 Å². The molecule has 21 heteroatoms. The minimum absolute atomic E-state index is 0.0438. The van der Waals surface area contributed by atoms with Crippen molar-refractivity contribution in [1.29, 1.82) is 0 Å². The van der Waals surface area contributed by atoms with Gasteiger partial charge in [-0.05, 0) is 53.1 Å². The van der Waals surface area contributed by atoms with E-state index in [1.165, 1.54) is 24.4 Å². The molecule has 0 spiro atoms. The van der Waals surface area contributed by atoms with Gasteiger partial charge >= 0.3 is 15.6 Å². The minimum Gasteiger partial charge on any atom is -0.530 e. The van der Waals surface area contributed by atoms with E-state index in [1.807, 2.05) is 21.8 Å². The van der Waals surface area contributed by atoms with Crippen LogP contribution in [0.25, 0.3) is 44.1 Å². The van der Waals surface area contributed by atoms with Crippen LogP contribution in [0, 0.1) is 0 Å². The fourth-order valence-corrected chi connectivity index (χ4v) is 17.4. The number of amides is 2. The van der Waals surface area contributed by atoms with Crippen LogP contribution in [0.1, 0.15) is 116 Å². The monoisotopic (exact) mass is 1070 g/mol. The van der Waals surface area contributed by atoms with Gasteiger partial charge in [0.25, 0.3) is 8.32 Å². The number of hydrogen-bond acceptors (Lipinski definition) is 12. The van der Waals surface area contributed by atoms with Gasteiger partial charge in [0.15, 0.2) is 5.88 Å². The molecular formula is C54H67F3N8O8SSi. The highest BCUT2D eigenvalue weighted by Crippen LogP contribution is 2.44. The quantitative estimate of drug-likeness (QED) is 0.0684. The maximum atomic E-state index is 12.7. The first-order chi connectivity index (χ1) is 35.7. The maximum absolute atomic E-state index is 12.7. The van der Waals surface area contributed by atoms with Crippen molar-refractivity contribution in [3.63, 3.8) is 0 Å². The second kappa shape index (κ2) is 21.6. The maximum Gasteiger partial charge on any atom is 0.534 e. The van der Waals surface area contributed by atoms with E-state index in [-0.39, 0.29) is 17.9 Å². The Morgan fingerprint density at radius 1 is 0.667 bits per heavy atom. The molecule has 75 heavy (non-hydrogen) atoms. The summed E-state index contributed by atoms with van der Waals surface area (Å²) in [7, 11) is -7.96.